The molecule has 1 atom stereocenters. The molecule has 0 saturated heterocycles. The third-order valence-corrected chi connectivity index (χ3v) is 3.15. The minimum absolute atomic E-state index is 0.0646. The maximum absolute atomic E-state index is 4.64. The Morgan fingerprint density at radius 1 is 1.32 bits per heavy atom. The zero-order valence-corrected chi connectivity index (χ0v) is 11.9. The largest absolute Gasteiger partial charge is 0.334 e. The van der Waals surface area contributed by atoms with Crippen molar-refractivity contribution in [3.05, 3.63) is 47.8 Å². The molecule has 0 aliphatic rings. The third-order valence-electron chi connectivity index (χ3n) is 3.15. The van der Waals surface area contributed by atoms with Gasteiger partial charge in [0.25, 0.3) is 0 Å². The van der Waals surface area contributed by atoms with Crippen molar-refractivity contribution in [3.8, 4) is 0 Å². The van der Waals surface area contributed by atoms with E-state index >= 15 is 0 Å². The number of aromatic nitrogens is 3. The van der Waals surface area contributed by atoms with Crippen LogP contribution in [0, 0.1) is 6.92 Å². The molecular weight excluding hydrogens is 236 g/mol. The molecule has 0 saturated carbocycles. The predicted molar refractivity (Wildman–Crippen MR) is 77.0 cm³/mol. The molecule has 0 aromatic carbocycles. The Bertz CT molecular complexity index is 518. The molecule has 2 heterocycles. The molecule has 102 valence electrons. The molecule has 0 aliphatic carbocycles. The monoisotopic (exact) mass is 258 g/mol. The first kappa shape index (κ1) is 13.7. The van der Waals surface area contributed by atoms with Gasteiger partial charge in [-0.15, -0.1) is 0 Å². The third kappa shape index (κ3) is 3.20. The Kier molecular flexibility index (Phi) is 4.68. The summed E-state index contributed by atoms with van der Waals surface area (Å²) in [6, 6.07) is 6.20. The van der Waals surface area contributed by atoms with Crippen molar-refractivity contribution in [1.29, 1.82) is 0 Å². The van der Waals surface area contributed by atoms with E-state index in [-0.39, 0.29) is 6.04 Å². The van der Waals surface area contributed by atoms with Crippen molar-refractivity contribution in [2.24, 2.45) is 0 Å². The standard InChI is InChI=1S/C15H22N4/c1-4-9-16-14(13-8-6-7-12(3)18-13)15-17-10-11-19(15)5-2/h6-8,10-11,14,16H,4-5,9H2,1-3H3. The Morgan fingerprint density at radius 3 is 2.84 bits per heavy atom. The van der Waals surface area contributed by atoms with E-state index in [0.717, 1.165) is 36.7 Å². The fraction of sp³-hybridized carbons (Fsp3) is 0.467. The maximum atomic E-state index is 4.64. The quantitative estimate of drug-likeness (QED) is 0.866. The number of rotatable bonds is 6. The second kappa shape index (κ2) is 6.48. The molecule has 4 heteroatoms. The van der Waals surface area contributed by atoms with Crippen molar-refractivity contribution >= 4 is 0 Å². The van der Waals surface area contributed by atoms with Gasteiger partial charge in [0.1, 0.15) is 11.9 Å². The highest BCUT2D eigenvalue weighted by Gasteiger charge is 2.19. The van der Waals surface area contributed by atoms with Gasteiger partial charge in [0, 0.05) is 24.6 Å². The summed E-state index contributed by atoms with van der Waals surface area (Å²) in [5.74, 6) is 1.04. The van der Waals surface area contributed by atoms with Crippen LogP contribution >= 0.6 is 0 Å². The minimum atomic E-state index is 0.0646. The number of hydrogen-bond donors (Lipinski definition) is 1. The first-order chi connectivity index (χ1) is 9.26. The Morgan fingerprint density at radius 2 is 2.16 bits per heavy atom. The molecule has 4 nitrogen and oxygen atoms in total. The van der Waals surface area contributed by atoms with Gasteiger partial charge in [0.15, 0.2) is 0 Å². The number of nitrogens with zero attached hydrogens (tertiary/aromatic N) is 3. The lowest BCUT2D eigenvalue weighted by Gasteiger charge is -2.19. The van der Waals surface area contributed by atoms with Gasteiger partial charge in [0.05, 0.1) is 5.69 Å². The first-order valence-electron chi connectivity index (χ1n) is 6.94. The minimum Gasteiger partial charge on any atom is -0.334 e. The Labute approximate surface area is 114 Å². The van der Waals surface area contributed by atoms with E-state index < -0.39 is 0 Å². The predicted octanol–water partition coefficient (Wildman–Crippen LogP) is 2.70. The van der Waals surface area contributed by atoms with Crippen LogP contribution in [0.4, 0.5) is 0 Å². The van der Waals surface area contributed by atoms with Gasteiger partial charge < -0.3 is 9.88 Å². The van der Waals surface area contributed by atoms with Gasteiger partial charge in [-0.3, -0.25) is 4.98 Å². The van der Waals surface area contributed by atoms with Gasteiger partial charge in [0.2, 0.25) is 0 Å². The summed E-state index contributed by atoms with van der Waals surface area (Å²) >= 11 is 0. The molecule has 1 unspecified atom stereocenters. The summed E-state index contributed by atoms with van der Waals surface area (Å²) in [5, 5.41) is 3.54. The zero-order valence-electron chi connectivity index (χ0n) is 11.9. The summed E-state index contributed by atoms with van der Waals surface area (Å²) in [6.45, 7) is 8.20. The molecule has 0 radical (unpaired) electrons. The number of aryl methyl sites for hydroxylation is 2. The first-order valence-corrected chi connectivity index (χ1v) is 6.94. The van der Waals surface area contributed by atoms with E-state index in [9.17, 15) is 0 Å². The molecule has 2 aromatic heterocycles. The molecule has 19 heavy (non-hydrogen) atoms. The molecule has 0 bridgehead atoms. The van der Waals surface area contributed by atoms with Crippen LogP contribution in [0.3, 0.4) is 0 Å². The molecular formula is C15H22N4. The fourth-order valence-corrected chi connectivity index (χ4v) is 2.19. The second-order valence-electron chi connectivity index (χ2n) is 4.66. The molecule has 0 amide bonds. The summed E-state index contributed by atoms with van der Waals surface area (Å²) in [6.07, 6.45) is 4.97. The van der Waals surface area contributed by atoms with Gasteiger partial charge in [-0.05, 0) is 38.9 Å². The van der Waals surface area contributed by atoms with E-state index in [1.54, 1.807) is 0 Å². The lowest BCUT2D eigenvalue weighted by molar-refractivity contribution is 0.531. The van der Waals surface area contributed by atoms with Gasteiger partial charge in [-0.25, -0.2) is 4.98 Å². The van der Waals surface area contributed by atoms with Crippen LogP contribution < -0.4 is 5.32 Å². The van der Waals surface area contributed by atoms with E-state index in [0.29, 0.717) is 0 Å². The molecule has 2 aromatic rings. The number of imidazole rings is 1. The fourth-order valence-electron chi connectivity index (χ4n) is 2.19. The second-order valence-corrected chi connectivity index (χ2v) is 4.66. The van der Waals surface area contributed by atoms with E-state index in [4.69, 9.17) is 0 Å². The molecule has 1 N–H and O–H groups in total. The lowest BCUT2D eigenvalue weighted by Crippen LogP contribution is -2.27. The van der Waals surface area contributed by atoms with Crippen LogP contribution in [-0.2, 0) is 6.54 Å². The zero-order chi connectivity index (χ0) is 13.7. The van der Waals surface area contributed by atoms with E-state index in [1.807, 2.05) is 25.4 Å². The van der Waals surface area contributed by atoms with Crippen LogP contribution in [0.25, 0.3) is 0 Å². The normalized spacial score (nSPS) is 12.6. The Balaban J connectivity index is 2.35. The van der Waals surface area contributed by atoms with E-state index in [2.05, 4.69) is 45.8 Å². The van der Waals surface area contributed by atoms with Crippen LogP contribution in [0.2, 0.25) is 0 Å². The smallest absolute Gasteiger partial charge is 0.132 e. The number of hydrogen-bond acceptors (Lipinski definition) is 3. The maximum Gasteiger partial charge on any atom is 0.132 e. The highest BCUT2D eigenvalue weighted by molar-refractivity contribution is 5.20. The van der Waals surface area contributed by atoms with Crippen molar-refractivity contribution in [3.63, 3.8) is 0 Å². The van der Waals surface area contributed by atoms with Crippen molar-refractivity contribution in [1.82, 2.24) is 19.9 Å². The molecule has 0 fully saturated rings. The SMILES string of the molecule is CCCNC(c1cccc(C)n1)c1nccn1CC. The van der Waals surface area contributed by atoms with Crippen molar-refractivity contribution in [2.75, 3.05) is 6.54 Å². The summed E-state index contributed by atoms with van der Waals surface area (Å²) in [4.78, 5) is 9.15. The van der Waals surface area contributed by atoms with Crippen LogP contribution in [0.5, 0.6) is 0 Å². The molecule has 0 aliphatic heterocycles. The summed E-state index contributed by atoms with van der Waals surface area (Å²) in [5.41, 5.74) is 2.07. The number of nitrogens with one attached hydrogen (secondary N) is 1. The van der Waals surface area contributed by atoms with E-state index in [1.165, 1.54) is 0 Å². The van der Waals surface area contributed by atoms with Crippen LogP contribution in [0.15, 0.2) is 30.6 Å². The van der Waals surface area contributed by atoms with Crippen molar-refractivity contribution in [2.45, 2.75) is 39.8 Å². The summed E-state index contributed by atoms with van der Waals surface area (Å²) in [7, 11) is 0. The molecule has 2 rings (SSSR count). The lowest BCUT2D eigenvalue weighted by atomic mass is 10.1. The highest BCUT2D eigenvalue weighted by Crippen LogP contribution is 2.19. The van der Waals surface area contributed by atoms with Gasteiger partial charge in [-0.2, -0.15) is 0 Å². The van der Waals surface area contributed by atoms with Crippen molar-refractivity contribution < 1.29 is 0 Å². The Hall–Kier alpha value is -1.68. The average molecular weight is 258 g/mol. The topological polar surface area (TPSA) is 42.7 Å². The van der Waals surface area contributed by atoms with Crippen LogP contribution in [-0.4, -0.2) is 21.1 Å². The average Bonchev–Trinajstić information content (AvgIpc) is 2.88. The van der Waals surface area contributed by atoms with Crippen LogP contribution in [0.1, 0.15) is 43.5 Å². The summed E-state index contributed by atoms with van der Waals surface area (Å²) < 4.78 is 2.16. The molecule has 0 spiro atoms. The highest BCUT2D eigenvalue weighted by atomic mass is 15.1. The number of pyridine rings is 1. The van der Waals surface area contributed by atoms with Gasteiger partial charge >= 0.3 is 0 Å². The van der Waals surface area contributed by atoms with Gasteiger partial charge in [-0.1, -0.05) is 13.0 Å².